The molecule has 1 fully saturated rings. The van der Waals surface area contributed by atoms with Crippen molar-refractivity contribution in [1.82, 2.24) is 19.7 Å². The van der Waals surface area contributed by atoms with E-state index in [0.29, 0.717) is 11.5 Å². The van der Waals surface area contributed by atoms with Crippen LogP contribution in [0.25, 0.3) is 16.6 Å². The predicted molar refractivity (Wildman–Crippen MR) is 143 cm³/mol. The van der Waals surface area contributed by atoms with E-state index in [1.165, 1.54) is 11.8 Å². The van der Waals surface area contributed by atoms with E-state index in [1.54, 1.807) is 12.4 Å². The summed E-state index contributed by atoms with van der Waals surface area (Å²) in [6.45, 7) is 8.27. The molecule has 1 amide bonds. The number of fused-ring (bicyclic) bond motifs is 1. The Labute approximate surface area is 209 Å². The van der Waals surface area contributed by atoms with Crippen molar-refractivity contribution in [2.75, 3.05) is 54.9 Å². The van der Waals surface area contributed by atoms with Crippen LogP contribution in [0.4, 0.5) is 22.9 Å². The van der Waals surface area contributed by atoms with Crippen LogP contribution < -0.4 is 15.5 Å². The van der Waals surface area contributed by atoms with Gasteiger partial charge in [-0.25, -0.2) is 9.67 Å². The lowest BCUT2D eigenvalue weighted by molar-refractivity contribution is -0.111. The maximum atomic E-state index is 11.7. The molecule has 3 N–H and O–H groups in total. The Bertz CT molecular complexity index is 1360. The van der Waals surface area contributed by atoms with Gasteiger partial charge in [-0.15, -0.1) is 0 Å². The van der Waals surface area contributed by atoms with E-state index >= 15 is 0 Å². The number of carbonyl (C=O) groups excluding carboxylic acids is 1. The third kappa shape index (κ3) is 5.22. The first-order valence-corrected chi connectivity index (χ1v) is 12.0. The Morgan fingerprint density at radius 2 is 1.81 bits per heavy atom. The van der Waals surface area contributed by atoms with Crippen LogP contribution in [0.2, 0.25) is 0 Å². The van der Waals surface area contributed by atoms with Crippen molar-refractivity contribution in [3.8, 4) is 5.69 Å². The molecule has 184 valence electrons. The molecule has 9 heteroatoms. The zero-order valence-corrected chi connectivity index (χ0v) is 20.0. The predicted octanol–water partition coefficient (Wildman–Crippen LogP) is 3.40. The molecule has 0 unspecified atom stereocenters. The van der Waals surface area contributed by atoms with Gasteiger partial charge in [-0.05, 0) is 48.5 Å². The quantitative estimate of drug-likeness (QED) is 0.331. The number of β-amino-alcohol motifs (C(OH)–C–C–N with tert-alkyl or cyclic N) is 1. The van der Waals surface area contributed by atoms with Gasteiger partial charge in [0.2, 0.25) is 5.91 Å². The lowest BCUT2D eigenvalue weighted by atomic mass is 10.2. The van der Waals surface area contributed by atoms with E-state index in [4.69, 9.17) is 5.11 Å². The van der Waals surface area contributed by atoms with Crippen LogP contribution in [0.5, 0.6) is 0 Å². The SMILES string of the molecule is C=CC(=O)Nc1cccc(-n2ncc3cnc(Nc4ccc(N5CCN(CCO)CC5)cc4)cc32)c1. The molecule has 2 aromatic heterocycles. The summed E-state index contributed by atoms with van der Waals surface area (Å²) >= 11 is 0. The van der Waals surface area contributed by atoms with E-state index in [-0.39, 0.29) is 12.5 Å². The van der Waals surface area contributed by atoms with Crippen molar-refractivity contribution in [2.45, 2.75) is 0 Å². The van der Waals surface area contributed by atoms with Gasteiger partial charge in [0.15, 0.2) is 0 Å². The highest BCUT2D eigenvalue weighted by Gasteiger charge is 2.16. The molecule has 0 bridgehead atoms. The highest BCUT2D eigenvalue weighted by atomic mass is 16.3. The second kappa shape index (κ2) is 10.6. The average molecular weight is 484 g/mol. The van der Waals surface area contributed by atoms with Crippen molar-refractivity contribution in [3.63, 3.8) is 0 Å². The monoisotopic (exact) mass is 483 g/mol. The van der Waals surface area contributed by atoms with E-state index < -0.39 is 0 Å². The van der Waals surface area contributed by atoms with Gasteiger partial charge in [0.05, 0.1) is 24.0 Å². The third-order valence-electron chi connectivity index (χ3n) is 6.29. The largest absolute Gasteiger partial charge is 0.395 e. The van der Waals surface area contributed by atoms with Crippen LogP contribution in [0.15, 0.2) is 79.6 Å². The fourth-order valence-electron chi connectivity index (χ4n) is 4.38. The Morgan fingerprint density at radius 1 is 1.00 bits per heavy atom. The first kappa shape index (κ1) is 23.5. The molecule has 1 aliphatic heterocycles. The van der Waals surface area contributed by atoms with Crippen molar-refractivity contribution in [3.05, 3.63) is 79.6 Å². The minimum Gasteiger partial charge on any atom is -0.395 e. The first-order chi connectivity index (χ1) is 17.6. The molecule has 4 aromatic rings. The number of amides is 1. The molecule has 0 saturated carbocycles. The number of hydrogen-bond donors (Lipinski definition) is 3. The molecular formula is C27H29N7O2. The number of aromatic nitrogens is 3. The summed E-state index contributed by atoms with van der Waals surface area (Å²) in [5.41, 5.74) is 4.53. The highest BCUT2D eigenvalue weighted by molar-refractivity contribution is 5.99. The van der Waals surface area contributed by atoms with E-state index in [2.05, 4.69) is 61.4 Å². The maximum Gasteiger partial charge on any atom is 0.247 e. The molecule has 5 rings (SSSR count). The fourth-order valence-corrected chi connectivity index (χ4v) is 4.38. The second-order valence-electron chi connectivity index (χ2n) is 8.65. The van der Waals surface area contributed by atoms with Crippen molar-refractivity contribution < 1.29 is 9.90 Å². The number of nitrogens with zero attached hydrogens (tertiary/aromatic N) is 5. The number of rotatable bonds is 8. The lowest BCUT2D eigenvalue weighted by Gasteiger charge is -2.35. The molecule has 0 radical (unpaired) electrons. The molecule has 1 aliphatic rings. The van der Waals surface area contributed by atoms with Gasteiger partial charge in [-0.2, -0.15) is 5.10 Å². The summed E-state index contributed by atoms with van der Waals surface area (Å²) in [6.07, 6.45) is 4.81. The zero-order valence-electron chi connectivity index (χ0n) is 20.0. The molecule has 9 nitrogen and oxygen atoms in total. The van der Waals surface area contributed by atoms with Gasteiger partial charge in [0, 0.05) is 67.4 Å². The van der Waals surface area contributed by atoms with E-state index in [0.717, 1.165) is 55.0 Å². The number of hydrogen-bond acceptors (Lipinski definition) is 7. The van der Waals surface area contributed by atoms with Gasteiger partial charge in [0.1, 0.15) is 5.82 Å². The summed E-state index contributed by atoms with van der Waals surface area (Å²) in [6, 6.07) is 17.8. The fraction of sp³-hybridized carbons (Fsp3) is 0.222. The van der Waals surface area contributed by atoms with Gasteiger partial charge < -0.3 is 20.6 Å². The molecule has 0 aliphatic carbocycles. The molecule has 1 saturated heterocycles. The number of carbonyl (C=O) groups is 1. The Kier molecular flexibility index (Phi) is 6.92. The van der Waals surface area contributed by atoms with Gasteiger partial charge >= 0.3 is 0 Å². The highest BCUT2D eigenvalue weighted by Crippen LogP contribution is 2.25. The Morgan fingerprint density at radius 3 is 2.56 bits per heavy atom. The summed E-state index contributed by atoms with van der Waals surface area (Å²) in [5.74, 6) is 0.453. The third-order valence-corrected chi connectivity index (χ3v) is 6.29. The second-order valence-corrected chi connectivity index (χ2v) is 8.65. The number of aliphatic hydroxyl groups excluding tert-OH is 1. The van der Waals surface area contributed by atoms with E-state index in [9.17, 15) is 4.79 Å². The molecule has 2 aromatic carbocycles. The van der Waals surface area contributed by atoms with Crippen LogP contribution in [0.1, 0.15) is 0 Å². The van der Waals surface area contributed by atoms with Crippen LogP contribution >= 0.6 is 0 Å². The Hall–Kier alpha value is -4.21. The van der Waals surface area contributed by atoms with Crippen LogP contribution in [-0.4, -0.2) is 70.0 Å². The standard InChI is InChI=1S/C27H29N7O2/c1-2-27(36)31-22-4-3-5-24(16-22)34-25-17-26(28-18-20(25)19-29-34)30-21-6-8-23(9-7-21)33-12-10-32(11-13-33)14-15-35/h2-9,16-19,35H,1,10-15H2,(H,28,30)(H,31,36). The normalized spacial score (nSPS) is 14.1. The van der Waals surface area contributed by atoms with E-state index in [1.807, 2.05) is 35.0 Å². The van der Waals surface area contributed by atoms with Crippen LogP contribution in [0.3, 0.4) is 0 Å². The maximum absolute atomic E-state index is 11.7. The average Bonchev–Trinajstić information content (AvgIpc) is 3.33. The van der Waals surface area contributed by atoms with Crippen LogP contribution in [0, 0.1) is 0 Å². The van der Waals surface area contributed by atoms with Crippen LogP contribution in [-0.2, 0) is 4.79 Å². The number of benzene rings is 2. The number of pyridine rings is 1. The molecule has 36 heavy (non-hydrogen) atoms. The number of nitrogens with one attached hydrogen (secondary N) is 2. The first-order valence-electron chi connectivity index (χ1n) is 12.0. The number of anilines is 4. The zero-order chi connectivity index (χ0) is 24.9. The van der Waals surface area contributed by atoms with Gasteiger partial charge in [-0.1, -0.05) is 12.6 Å². The summed E-state index contributed by atoms with van der Waals surface area (Å²) in [4.78, 5) is 20.9. The molecular weight excluding hydrogens is 454 g/mol. The summed E-state index contributed by atoms with van der Waals surface area (Å²) in [5, 5.41) is 20.7. The minimum absolute atomic E-state index is 0.210. The Balaban J connectivity index is 1.31. The van der Waals surface area contributed by atoms with Gasteiger partial charge in [0.25, 0.3) is 0 Å². The van der Waals surface area contributed by atoms with Crippen molar-refractivity contribution in [1.29, 1.82) is 0 Å². The number of aliphatic hydroxyl groups is 1. The molecule has 0 spiro atoms. The van der Waals surface area contributed by atoms with Gasteiger partial charge in [-0.3, -0.25) is 9.69 Å². The minimum atomic E-state index is -0.261. The summed E-state index contributed by atoms with van der Waals surface area (Å²) < 4.78 is 1.82. The molecule has 3 heterocycles. The summed E-state index contributed by atoms with van der Waals surface area (Å²) in [7, 11) is 0. The lowest BCUT2D eigenvalue weighted by Crippen LogP contribution is -2.47. The topological polar surface area (TPSA) is 98.5 Å². The molecule has 0 atom stereocenters. The smallest absolute Gasteiger partial charge is 0.247 e. The van der Waals surface area contributed by atoms with Crippen molar-refractivity contribution in [2.24, 2.45) is 0 Å². The van der Waals surface area contributed by atoms with Crippen molar-refractivity contribution >= 4 is 39.7 Å². The number of piperazine rings is 1.